The van der Waals surface area contributed by atoms with Crippen LogP contribution in [0.15, 0.2) is 22.7 Å². The zero-order chi connectivity index (χ0) is 21.3. The molecule has 1 heterocycles. The number of nitrogens with zero attached hydrogens (tertiary/aromatic N) is 1. The molecule has 0 spiro atoms. The van der Waals surface area contributed by atoms with Crippen LogP contribution in [-0.4, -0.2) is 62.7 Å². The molecule has 0 saturated heterocycles. The first-order valence-corrected chi connectivity index (χ1v) is 11.3. The molecule has 2 rings (SSSR count). The molecule has 0 N–H and O–H groups in total. The van der Waals surface area contributed by atoms with Crippen molar-refractivity contribution in [2.24, 2.45) is 0 Å². The van der Waals surface area contributed by atoms with E-state index in [-0.39, 0.29) is 30.7 Å². The van der Waals surface area contributed by atoms with Crippen LogP contribution in [-0.2, 0) is 24.1 Å². The average Bonchev–Trinajstić information content (AvgIpc) is 2.62. The highest BCUT2D eigenvalue weighted by molar-refractivity contribution is 9.10. The van der Waals surface area contributed by atoms with Gasteiger partial charge in [-0.1, -0.05) is 15.9 Å². The Morgan fingerprint density at radius 3 is 2.57 bits per heavy atom. The number of fused-ring (bicyclic) bond motifs is 1. The molecule has 1 amide bonds. The Kier molecular flexibility index (Phi) is 6.88. The van der Waals surface area contributed by atoms with Crippen molar-refractivity contribution >= 4 is 37.6 Å². The zero-order valence-corrected chi connectivity index (χ0v) is 18.5. The van der Waals surface area contributed by atoms with Gasteiger partial charge in [-0.25, -0.2) is 12.8 Å². The number of rotatable bonds is 7. The highest BCUT2D eigenvalue weighted by Gasteiger charge is 2.47. The van der Waals surface area contributed by atoms with Crippen molar-refractivity contribution in [1.29, 1.82) is 0 Å². The normalized spacial score (nSPS) is 21.8. The maximum absolute atomic E-state index is 15.0. The molecule has 156 valence electrons. The molecule has 0 saturated carbocycles. The maximum atomic E-state index is 15.0. The topological polar surface area (TPSA) is 90.0 Å². The fourth-order valence-corrected chi connectivity index (χ4v) is 4.27. The highest BCUT2D eigenvalue weighted by atomic mass is 79.9. The van der Waals surface area contributed by atoms with Gasteiger partial charge in [0.1, 0.15) is 0 Å². The minimum absolute atomic E-state index is 0.0160. The van der Waals surface area contributed by atoms with E-state index in [0.717, 1.165) is 11.2 Å². The first-order valence-electron chi connectivity index (χ1n) is 8.62. The average molecular weight is 480 g/mol. The van der Waals surface area contributed by atoms with Crippen molar-refractivity contribution in [1.82, 2.24) is 4.90 Å². The summed E-state index contributed by atoms with van der Waals surface area (Å²) >= 11 is 3.25. The van der Waals surface area contributed by atoms with Crippen LogP contribution >= 0.6 is 15.9 Å². The summed E-state index contributed by atoms with van der Waals surface area (Å²) in [6, 6.07) is 4.63. The van der Waals surface area contributed by atoms with Crippen LogP contribution in [0.5, 0.6) is 0 Å². The van der Waals surface area contributed by atoms with Gasteiger partial charge in [0.05, 0.1) is 6.61 Å². The Hall–Kier alpha value is -1.52. The summed E-state index contributed by atoms with van der Waals surface area (Å²) in [6.07, 6.45) is -2.18. The number of halogens is 2. The van der Waals surface area contributed by atoms with E-state index in [1.54, 1.807) is 13.0 Å². The number of esters is 1. The lowest BCUT2D eigenvalue weighted by atomic mass is 9.95. The number of hydrogen-bond acceptors (Lipinski definition) is 6. The van der Waals surface area contributed by atoms with Crippen molar-refractivity contribution < 1.29 is 31.9 Å². The molecule has 0 aromatic heterocycles. The third-order valence-corrected chi connectivity index (χ3v) is 7.46. The number of benzene rings is 1. The molecule has 0 radical (unpaired) electrons. The number of ether oxygens (including phenoxy) is 2. The minimum Gasteiger partial charge on any atom is -0.465 e. The molecule has 1 aromatic rings. The van der Waals surface area contributed by atoms with Crippen molar-refractivity contribution in [3.8, 4) is 0 Å². The molecule has 0 aliphatic carbocycles. The smallest absolute Gasteiger partial charge is 0.327 e. The third kappa shape index (κ3) is 4.08. The van der Waals surface area contributed by atoms with Crippen LogP contribution in [0.4, 0.5) is 4.39 Å². The summed E-state index contributed by atoms with van der Waals surface area (Å²) in [5.74, 6) is -1.40. The van der Waals surface area contributed by atoms with Gasteiger partial charge in [-0.2, -0.15) is 0 Å². The number of alkyl halides is 1. The van der Waals surface area contributed by atoms with Crippen molar-refractivity contribution in [2.75, 3.05) is 26.5 Å². The van der Waals surface area contributed by atoms with Crippen LogP contribution in [0.1, 0.15) is 42.4 Å². The van der Waals surface area contributed by atoms with E-state index >= 15 is 4.39 Å². The summed E-state index contributed by atoms with van der Waals surface area (Å²) in [7, 11) is -2.60. The van der Waals surface area contributed by atoms with E-state index in [4.69, 9.17) is 9.47 Å². The van der Waals surface area contributed by atoms with Crippen LogP contribution in [0.25, 0.3) is 0 Å². The van der Waals surface area contributed by atoms with Gasteiger partial charge in [-0.05, 0) is 38.5 Å². The number of sulfone groups is 1. The number of amides is 1. The fraction of sp³-hybridized carbons (Fsp3) is 0.556. The SMILES string of the molecule is CCOC(=O)C(C)(CCN1C(=O)c2ccc(Br)cc2C(F)C1OC)S(C)(=O)=O. The van der Waals surface area contributed by atoms with Crippen LogP contribution in [0, 0.1) is 0 Å². The molecule has 0 bridgehead atoms. The van der Waals surface area contributed by atoms with Crippen LogP contribution in [0.2, 0.25) is 0 Å². The molecular formula is C18H23BrFNO6S. The lowest BCUT2D eigenvalue weighted by Gasteiger charge is -2.39. The summed E-state index contributed by atoms with van der Waals surface area (Å²) < 4.78 is 48.4. The molecule has 1 aromatic carbocycles. The summed E-state index contributed by atoms with van der Waals surface area (Å²) in [6.45, 7) is 2.63. The monoisotopic (exact) mass is 479 g/mol. The molecule has 1 aliphatic rings. The standard InChI is InChI=1S/C18H23BrFNO6S/c1-5-27-17(23)18(2,28(4,24)25)8-9-21-15(22)12-7-6-11(19)10-13(12)14(20)16(21)26-3/h6-7,10,14,16H,5,8-9H2,1-4H3. The van der Waals surface area contributed by atoms with Gasteiger partial charge in [-0.3, -0.25) is 9.59 Å². The lowest BCUT2D eigenvalue weighted by molar-refractivity contribution is -0.146. The Bertz CT molecular complexity index is 877. The maximum Gasteiger partial charge on any atom is 0.327 e. The summed E-state index contributed by atoms with van der Waals surface area (Å²) in [4.78, 5) is 26.3. The van der Waals surface area contributed by atoms with Crippen molar-refractivity contribution in [2.45, 2.75) is 37.4 Å². The molecule has 0 fully saturated rings. The minimum atomic E-state index is -3.86. The van der Waals surface area contributed by atoms with E-state index in [0.29, 0.717) is 4.47 Å². The zero-order valence-electron chi connectivity index (χ0n) is 16.1. The van der Waals surface area contributed by atoms with Crippen LogP contribution < -0.4 is 0 Å². The molecule has 3 atom stereocenters. The molecule has 7 nitrogen and oxygen atoms in total. The number of methoxy groups -OCH3 is 1. The van der Waals surface area contributed by atoms with Crippen molar-refractivity contribution in [3.05, 3.63) is 33.8 Å². The molecular weight excluding hydrogens is 457 g/mol. The van der Waals surface area contributed by atoms with Gasteiger partial charge in [0, 0.05) is 35.5 Å². The highest BCUT2D eigenvalue weighted by Crippen LogP contribution is 2.37. The lowest BCUT2D eigenvalue weighted by Crippen LogP contribution is -2.52. The first-order chi connectivity index (χ1) is 13.0. The molecule has 1 aliphatic heterocycles. The Balaban J connectivity index is 2.37. The van der Waals surface area contributed by atoms with E-state index in [2.05, 4.69) is 15.9 Å². The Morgan fingerprint density at radius 2 is 2.04 bits per heavy atom. The Morgan fingerprint density at radius 1 is 1.39 bits per heavy atom. The van der Waals surface area contributed by atoms with Crippen molar-refractivity contribution in [3.63, 3.8) is 0 Å². The van der Waals surface area contributed by atoms with E-state index in [1.807, 2.05) is 0 Å². The largest absolute Gasteiger partial charge is 0.465 e. The number of hydrogen-bond donors (Lipinski definition) is 0. The second-order valence-electron chi connectivity index (χ2n) is 6.73. The Labute approximate surface area is 172 Å². The quantitative estimate of drug-likeness (QED) is 0.558. The van der Waals surface area contributed by atoms with E-state index in [1.165, 1.54) is 26.2 Å². The third-order valence-electron chi connectivity index (χ3n) is 4.96. The van der Waals surface area contributed by atoms with E-state index in [9.17, 15) is 18.0 Å². The second kappa shape index (κ2) is 8.46. The predicted octanol–water partition coefficient (Wildman–Crippen LogP) is 2.64. The molecule has 3 unspecified atom stereocenters. The van der Waals surface area contributed by atoms with Gasteiger partial charge < -0.3 is 14.4 Å². The van der Waals surface area contributed by atoms with Gasteiger partial charge in [0.15, 0.2) is 27.0 Å². The van der Waals surface area contributed by atoms with Gasteiger partial charge in [0.2, 0.25) is 0 Å². The summed E-state index contributed by atoms with van der Waals surface area (Å²) in [5, 5.41) is 0. The van der Waals surface area contributed by atoms with Gasteiger partial charge in [0.25, 0.3) is 5.91 Å². The molecule has 28 heavy (non-hydrogen) atoms. The van der Waals surface area contributed by atoms with Gasteiger partial charge in [-0.15, -0.1) is 0 Å². The van der Waals surface area contributed by atoms with E-state index < -0.39 is 38.9 Å². The fourth-order valence-electron chi connectivity index (χ4n) is 3.07. The number of carbonyl (C=O) groups excluding carboxylic acids is 2. The summed E-state index contributed by atoms with van der Waals surface area (Å²) in [5.41, 5.74) is 0.361. The predicted molar refractivity (Wildman–Crippen MR) is 104 cm³/mol. The first kappa shape index (κ1) is 22.8. The molecule has 10 heteroatoms. The number of carbonyl (C=O) groups is 2. The van der Waals surface area contributed by atoms with Crippen LogP contribution in [0.3, 0.4) is 0 Å². The second-order valence-corrected chi connectivity index (χ2v) is 10.1. The van der Waals surface area contributed by atoms with Gasteiger partial charge >= 0.3 is 5.97 Å².